The van der Waals surface area contributed by atoms with E-state index in [1.54, 1.807) is 6.07 Å². The van der Waals surface area contributed by atoms with Gasteiger partial charge in [-0.25, -0.2) is 9.78 Å². The van der Waals surface area contributed by atoms with Crippen LogP contribution in [0.2, 0.25) is 0 Å². The molecule has 0 saturated carbocycles. The van der Waals surface area contributed by atoms with E-state index in [2.05, 4.69) is 16.8 Å². The SMILES string of the molecule is O=C(O)c1ccc(C#CCCl)nc1. The lowest BCUT2D eigenvalue weighted by Crippen LogP contribution is -1.97. The van der Waals surface area contributed by atoms with Crippen LogP contribution in [0.4, 0.5) is 0 Å². The van der Waals surface area contributed by atoms with Crippen LogP contribution in [0.5, 0.6) is 0 Å². The summed E-state index contributed by atoms with van der Waals surface area (Å²) in [5, 5.41) is 8.55. The Balaban J connectivity index is 2.87. The van der Waals surface area contributed by atoms with Crippen molar-refractivity contribution in [1.29, 1.82) is 0 Å². The van der Waals surface area contributed by atoms with Gasteiger partial charge in [-0.15, -0.1) is 11.6 Å². The van der Waals surface area contributed by atoms with Crippen LogP contribution < -0.4 is 0 Å². The molecule has 66 valence electrons. The summed E-state index contributed by atoms with van der Waals surface area (Å²) in [6.07, 6.45) is 1.26. The Kier molecular flexibility index (Phi) is 3.30. The lowest BCUT2D eigenvalue weighted by Gasteiger charge is -1.92. The minimum absolute atomic E-state index is 0.149. The van der Waals surface area contributed by atoms with Crippen LogP contribution in [-0.4, -0.2) is 21.9 Å². The van der Waals surface area contributed by atoms with Gasteiger partial charge in [0.15, 0.2) is 0 Å². The Morgan fingerprint density at radius 2 is 2.38 bits per heavy atom. The van der Waals surface area contributed by atoms with Crippen LogP contribution in [0.1, 0.15) is 16.1 Å². The molecule has 1 N–H and O–H groups in total. The third-order valence-corrected chi connectivity index (χ3v) is 1.43. The van der Waals surface area contributed by atoms with E-state index in [0.717, 1.165) is 0 Å². The maximum absolute atomic E-state index is 10.4. The number of carboxylic acids is 1. The number of hydrogen-bond donors (Lipinski definition) is 1. The number of nitrogens with zero attached hydrogens (tertiary/aromatic N) is 1. The van der Waals surface area contributed by atoms with Crippen LogP contribution >= 0.6 is 11.6 Å². The molecule has 0 fully saturated rings. The van der Waals surface area contributed by atoms with E-state index >= 15 is 0 Å². The molecule has 0 radical (unpaired) electrons. The molecule has 0 aromatic carbocycles. The Bertz CT molecular complexity index is 361. The topological polar surface area (TPSA) is 50.2 Å². The summed E-state index contributed by atoms with van der Waals surface area (Å²) in [6, 6.07) is 3.00. The van der Waals surface area contributed by atoms with Gasteiger partial charge in [0.2, 0.25) is 0 Å². The van der Waals surface area contributed by atoms with Crippen LogP contribution in [0, 0.1) is 11.8 Å². The molecule has 4 heteroatoms. The second kappa shape index (κ2) is 4.48. The van der Waals surface area contributed by atoms with Gasteiger partial charge in [-0.2, -0.15) is 0 Å². The monoisotopic (exact) mass is 195 g/mol. The summed E-state index contributed by atoms with van der Waals surface area (Å²) < 4.78 is 0. The second-order valence-corrected chi connectivity index (χ2v) is 2.44. The number of carboxylic acid groups (broad SMARTS) is 1. The van der Waals surface area contributed by atoms with Crippen molar-refractivity contribution in [2.75, 3.05) is 5.88 Å². The summed E-state index contributed by atoms with van der Waals surface area (Å²) in [5.74, 6) is 4.54. The first-order chi connectivity index (χ1) is 6.24. The summed E-state index contributed by atoms with van der Waals surface area (Å²) in [7, 11) is 0. The van der Waals surface area contributed by atoms with Gasteiger partial charge in [-0.05, 0) is 18.1 Å². The van der Waals surface area contributed by atoms with Crippen LogP contribution in [0.15, 0.2) is 18.3 Å². The molecule has 1 rings (SSSR count). The highest BCUT2D eigenvalue weighted by atomic mass is 35.5. The lowest BCUT2D eigenvalue weighted by molar-refractivity contribution is 0.0696. The first kappa shape index (κ1) is 9.56. The largest absolute Gasteiger partial charge is 0.478 e. The number of aromatic carboxylic acids is 1. The summed E-state index contributed by atoms with van der Waals surface area (Å²) >= 11 is 5.34. The van der Waals surface area contributed by atoms with Gasteiger partial charge in [0.05, 0.1) is 11.4 Å². The van der Waals surface area contributed by atoms with Gasteiger partial charge in [-0.1, -0.05) is 5.92 Å². The zero-order valence-corrected chi connectivity index (χ0v) is 7.38. The average Bonchev–Trinajstić information content (AvgIpc) is 2.15. The summed E-state index contributed by atoms with van der Waals surface area (Å²) in [4.78, 5) is 14.3. The molecular formula is C9H6ClNO2. The molecule has 0 unspecified atom stereocenters. The molecule has 0 aliphatic heterocycles. The van der Waals surface area contributed by atoms with Crippen molar-refractivity contribution in [3.8, 4) is 11.8 Å². The number of carbonyl (C=O) groups is 1. The molecule has 0 aliphatic carbocycles. The van der Waals surface area contributed by atoms with Crippen LogP contribution in [0.3, 0.4) is 0 Å². The van der Waals surface area contributed by atoms with Gasteiger partial charge >= 0.3 is 5.97 Å². The highest BCUT2D eigenvalue weighted by Gasteiger charge is 2.00. The van der Waals surface area contributed by atoms with E-state index in [4.69, 9.17) is 16.7 Å². The average molecular weight is 196 g/mol. The van der Waals surface area contributed by atoms with E-state index in [1.807, 2.05) is 0 Å². The molecule has 13 heavy (non-hydrogen) atoms. The first-order valence-electron chi connectivity index (χ1n) is 3.48. The highest BCUT2D eigenvalue weighted by Crippen LogP contribution is 1.98. The Labute approximate surface area is 80.4 Å². The second-order valence-electron chi connectivity index (χ2n) is 2.17. The standard InChI is InChI=1S/C9H6ClNO2/c10-5-1-2-8-4-3-7(6-11-8)9(12)13/h3-4,6H,5H2,(H,12,13). The number of aromatic nitrogens is 1. The highest BCUT2D eigenvalue weighted by molar-refractivity contribution is 6.19. The minimum atomic E-state index is -0.996. The van der Waals surface area contributed by atoms with E-state index in [0.29, 0.717) is 5.69 Å². The third-order valence-electron chi connectivity index (χ3n) is 1.29. The molecule has 1 heterocycles. The molecule has 0 bridgehead atoms. The van der Waals surface area contributed by atoms with Crippen LogP contribution in [-0.2, 0) is 0 Å². The minimum Gasteiger partial charge on any atom is -0.478 e. The molecular weight excluding hydrogens is 190 g/mol. The van der Waals surface area contributed by atoms with E-state index < -0.39 is 5.97 Å². The maximum atomic E-state index is 10.4. The van der Waals surface area contributed by atoms with E-state index in [-0.39, 0.29) is 11.4 Å². The quantitative estimate of drug-likeness (QED) is 0.544. The molecule has 0 atom stereocenters. The van der Waals surface area contributed by atoms with Crippen molar-refractivity contribution in [3.63, 3.8) is 0 Å². The van der Waals surface area contributed by atoms with Gasteiger partial charge < -0.3 is 5.11 Å². The third kappa shape index (κ3) is 2.77. The Morgan fingerprint density at radius 1 is 1.62 bits per heavy atom. The van der Waals surface area contributed by atoms with Crippen LogP contribution in [0.25, 0.3) is 0 Å². The number of alkyl halides is 1. The normalized spacial score (nSPS) is 8.69. The van der Waals surface area contributed by atoms with Gasteiger partial charge in [0.1, 0.15) is 5.69 Å². The summed E-state index contributed by atoms with van der Waals surface area (Å²) in [6.45, 7) is 0. The van der Waals surface area contributed by atoms with E-state index in [1.165, 1.54) is 12.3 Å². The Morgan fingerprint density at radius 3 is 2.85 bits per heavy atom. The molecule has 1 aromatic heterocycles. The molecule has 3 nitrogen and oxygen atoms in total. The molecule has 0 amide bonds. The maximum Gasteiger partial charge on any atom is 0.337 e. The number of pyridine rings is 1. The van der Waals surface area contributed by atoms with Crippen molar-refractivity contribution in [2.24, 2.45) is 0 Å². The smallest absolute Gasteiger partial charge is 0.337 e. The predicted octanol–water partition coefficient (Wildman–Crippen LogP) is 1.37. The fourth-order valence-electron chi connectivity index (χ4n) is 0.718. The summed E-state index contributed by atoms with van der Waals surface area (Å²) in [5.41, 5.74) is 0.669. The van der Waals surface area contributed by atoms with Crippen molar-refractivity contribution in [3.05, 3.63) is 29.6 Å². The van der Waals surface area contributed by atoms with Gasteiger partial charge in [0.25, 0.3) is 0 Å². The fourth-order valence-corrected chi connectivity index (χ4v) is 0.785. The molecule has 0 spiro atoms. The molecule has 0 aliphatic rings. The zero-order valence-electron chi connectivity index (χ0n) is 6.62. The first-order valence-corrected chi connectivity index (χ1v) is 4.01. The fraction of sp³-hybridized carbons (Fsp3) is 0.111. The number of rotatable bonds is 1. The van der Waals surface area contributed by atoms with E-state index in [9.17, 15) is 4.79 Å². The molecule has 1 aromatic rings. The van der Waals surface area contributed by atoms with Crippen molar-refractivity contribution in [2.45, 2.75) is 0 Å². The predicted molar refractivity (Wildman–Crippen MR) is 48.8 cm³/mol. The number of halogens is 1. The molecule has 0 saturated heterocycles. The van der Waals surface area contributed by atoms with Gasteiger partial charge in [0, 0.05) is 6.20 Å². The van der Waals surface area contributed by atoms with Crippen molar-refractivity contribution < 1.29 is 9.90 Å². The van der Waals surface area contributed by atoms with Crippen molar-refractivity contribution in [1.82, 2.24) is 4.98 Å². The lowest BCUT2D eigenvalue weighted by atomic mass is 10.2. The van der Waals surface area contributed by atoms with Crippen molar-refractivity contribution >= 4 is 17.6 Å². The van der Waals surface area contributed by atoms with Gasteiger partial charge in [-0.3, -0.25) is 0 Å². The zero-order chi connectivity index (χ0) is 9.68. The number of hydrogen-bond acceptors (Lipinski definition) is 2. The Hall–Kier alpha value is -1.53.